The third kappa shape index (κ3) is 5.30. The normalized spacial score (nSPS) is 12.4. The molecule has 1 unspecified atom stereocenters. The molecule has 0 aliphatic heterocycles. The minimum atomic E-state index is -0.784. The predicted octanol–water partition coefficient (Wildman–Crippen LogP) is 3.16. The van der Waals surface area contributed by atoms with Crippen LogP contribution in [0.15, 0.2) is 30.3 Å². The highest BCUT2D eigenvalue weighted by atomic mass is 16.7. The molecule has 1 N–H and O–H groups in total. The minimum absolute atomic E-state index is 0.411. The lowest BCUT2D eigenvalue weighted by molar-refractivity contribution is -0.152. The molecule has 1 atom stereocenters. The molecule has 0 saturated heterocycles. The summed E-state index contributed by atoms with van der Waals surface area (Å²) in [6.45, 7) is 7.07. The van der Waals surface area contributed by atoms with Gasteiger partial charge in [0.2, 0.25) is 0 Å². The molecule has 0 fully saturated rings. The molecule has 5 nitrogen and oxygen atoms in total. The summed E-state index contributed by atoms with van der Waals surface area (Å²) in [5, 5.41) is 0. The van der Waals surface area contributed by atoms with Gasteiger partial charge in [-0.3, -0.25) is 0 Å². The van der Waals surface area contributed by atoms with Crippen molar-refractivity contribution in [3.8, 4) is 0 Å². The minimum Gasteiger partial charge on any atom is -0.442 e. The van der Waals surface area contributed by atoms with E-state index in [9.17, 15) is 9.59 Å². The molecular formula is C15H21NO4. The van der Waals surface area contributed by atoms with E-state index >= 15 is 0 Å². The van der Waals surface area contributed by atoms with Crippen LogP contribution in [0.2, 0.25) is 0 Å². The Labute approximate surface area is 119 Å². The number of benzene rings is 1. The lowest BCUT2D eigenvalue weighted by atomic mass is 9.97. The number of nitrogens with one attached hydrogen (secondary N) is 1. The van der Waals surface area contributed by atoms with E-state index in [4.69, 9.17) is 9.57 Å². The highest BCUT2D eigenvalue weighted by molar-refractivity contribution is 5.79. The summed E-state index contributed by atoms with van der Waals surface area (Å²) in [4.78, 5) is 28.1. The summed E-state index contributed by atoms with van der Waals surface area (Å²) < 4.78 is 4.98. The summed E-state index contributed by atoms with van der Waals surface area (Å²) in [5.41, 5.74) is 2.23. The zero-order valence-electron chi connectivity index (χ0n) is 12.3. The number of hydroxylamine groups is 1. The van der Waals surface area contributed by atoms with E-state index in [0.717, 1.165) is 5.56 Å². The first-order valence-corrected chi connectivity index (χ1v) is 6.58. The van der Waals surface area contributed by atoms with Crippen molar-refractivity contribution in [2.45, 2.75) is 45.6 Å². The molecule has 0 aliphatic carbocycles. The van der Waals surface area contributed by atoms with Crippen LogP contribution in [0.5, 0.6) is 0 Å². The average molecular weight is 279 g/mol. The van der Waals surface area contributed by atoms with Gasteiger partial charge in [0.1, 0.15) is 5.60 Å². The molecule has 0 aromatic heterocycles. The molecule has 0 saturated carbocycles. The smallest absolute Gasteiger partial charge is 0.441 e. The monoisotopic (exact) mass is 279 g/mol. The molecule has 1 aromatic carbocycles. The summed E-state index contributed by atoms with van der Waals surface area (Å²) in [6.07, 6.45) is -0.201. The van der Waals surface area contributed by atoms with Gasteiger partial charge in [0, 0.05) is 0 Å². The Bertz CT molecular complexity index is 451. The highest BCUT2D eigenvalue weighted by Crippen LogP contribution is 2.20. The molecule has 5 heteroatoms. The lowest BCUT2D eigenvalue weighted by Crippen LogP contribution is -2.35. The zero-order chi connectivity index (χ0) is 15.2. The molecule has 110 valence electrons. The second-order valence-corrected chi connectivity index (χ2v) is 5.40. The average Bonchev–Trinajstić information content (AvgIpc) is 2.36. The Hall–Kier alpha value is -2.04. The molecule has 0 aliphatic rings. The van der Waals surface area contributed by atoms with Gasteiger partial charge in [0.05, 0.1) is 5.92 Å². The second kappa shape index (κ2) is 6.93. The molecule has 0 radical (unpaired) electrons. The van der Waals surface area contributed by atoms with E-state index in [0.29, 0.717) is 6.42 Å². The van der Waals surface area contributed by atoms with E-state index in [1.807, 2.05) is 42.7 Å². The van der Waals surface area contributed by atoms with Crippen molar-refractivity contribution < 1.29 is 19.2 Å². The highest BCUT2D eigenvalue weighted by Gasteiger charge is 2.23. The fourth-order valence-electron chi connectivity index (χ4n) is 1.69. The molecular weight excluding hydrogens is 258 g/mol. The molecule has 1 amide bonds. The summed E-state index contributed by atoms with van der Waals surface area (Å²) in [6, 6.07) is 9.28. The Morgan fingerprint density at radius 2 is 1.80 bits per heavy atom. The number of carbonyl (C=O) groups is 2. The number of carbonyl (C=O) groups excluding carboxylic acids is 2. The van der Waals surface area contributed by atoms with E-state index in [-0.39, 0.29) is 0 Å². The molecule has 20 heavy (non-hydrogen) atoms. The number of amides is 1. The van der Waals surface area contributed by atoms with E-state index in [1.54, 1.807) is 20.8 Å². The van der Waals surface area contributed by atoms with Gasteiger partial charge in [0.15, 0.2) is 0 Å². The van der Waals surface area contributed by atoms with Crippen molar-refractivity contribution in [3.63, 3.8) is 0 Å². The van der Waals surface area contributed by atoms with Gasteiger partial charge < -0.3 is 9.57 Å². The summed E-state index contributed by atoms with van der Waals surface area (Å²) in [7, 11) is 0. The van der Waals surface area contributed by atoms with E-state index in [2.05, 4.69) is 0 Å². The molecule has 0 spiro atoms. The maximum absolute atomic E-state index is 12.0. The zero-order valence-corrected chi connectivity index (χ0v) is 12.3. The largest absolute Gasteiger partial charge is 0.442 e. The number of hydrogen-bond donors (Lipinski definition) is 1. The first-order chi connectivity index (χ1) is 9.33. The third-order valence-electron chi connectivity index (χ3n) is 2.53. The van der Waals surface area contributed by atoms with Crippen molar-refractivity contribution in [2.24, 2.45) is 0 Å². The van der Waals surface area contributed by atoms with Crippen LogP contribution in [0.25, 0.3) is 0 Å². The fraction of sp³-hybridized carbons (Fsp3) is 0.467. The Kier molecular flexibility index (Phi) is 5.55. The predicted molar refractivity (Wildman–Crippen MR) is 74.9 cm³/mol. The Morgan fingerprint density at radius 1 is 1.20 bits per heavy atom. The maximum atomic E-state index is 12.0. The quantitative estimate of drug-likeness (QED) is 0.863. The first kappa shape index (κ1) is 16.0. The van der Waals surface area contributed by atoms with Crippen LogP contribution in [0, 0.1) is 0 Å². The molecule has 0 bridgehead atoms. The van der Waals surface area contributed by atoms with Gasteiger partial charge >= 0.3 is 12.1 Å². The number of hydrogen-bond acceptors (Lipinski definition) is 4. The number of ether oxygens (including phenoxy) is 1. The van der Waals surface area contributed by atoms with Crippen molar-refractivity contribution in [1.29, 1.82) is 0 Å². The van der Waals surface area contributed by atoms with Crippen LogP contribution in [0.4, 0.5) is 4.79 Å². The fourth-order valence-corrected chi connectivity index (χ4v) is 1.69. The second-order valence-electron chi connectivity index (χ2n) is 5.40. The van der Waals surface area contributed by atoms with Crippen molar-refractivity contribution in [1.82, 2.24) is 5.48 Å². The topological polar surface area (TPSA) is 64.6 Å². The van der Waals surface area contributed by atoms with Crippen LogP contribution in [0.3, 0.4) is 0 Å². The van der Waals surface area contributed by atoms with Crippen molar-refractivity contribution in [2.75, 3.05) is 0 Å². The number of rotatable bonds is 3. The van der Waals surface area contributed by atoms with E-state index in [1.165, 1.54) is 0 Å². The van der Waals surface area contributed by atoms with Crippen LogP contribution in [-0.4, -0.2) is 17.7 Å². The van der Waals surface area contributed by atoms with Gasteiger partial charge in [-0.15, -0.1) is 5.48 Å². The molecule has 1 rings (SSSR count). The van der Waals surface area contributed by atoms with E-state index < -0.39 is 23.6 Å². The van der Waals surface area contributed by atoms with Crippen LogP contribution < -0.4 is 5.48 Å². The van der Waals surface area contributed by atoms with Gasteiger partial charge in [-0.2, -0.15) is 0 Å². The SMILES string of the molecule is CCC(C(=O)ONC(=O)OC(C)(C)C)c1ccccc1. The lowest BCUT2D eigenvalue weighted by Gasteiger charge is -2.20. The van der Waals surface area contributed by atoms with Crippen molar-refractivity contribution in [3.05, 3.63) is 35.9 Å². The van der Waals surface area contributed by atoms with Gasteiger partial charge in [-0.1, -0.05) is 37.3 Å². The Morgan fingerprint density at radius 3 is 2.30 bits per heavy atom. The molecule has 0 heterocycles. The third-order valence-corrected chi connectivity index (χ3v) is 2.53. The van der Waals surface area contributed by atoms with Gasteiger partial charge in [-0.25, -0.2) is 9.59 Å². The van der Waals surface area contributed by atoms with Crippen LogP contribution in [0.1, 0.15) is 45.6 Å². The summed E-state index contributed by atoms with van der Waals surface area (Å²) in [5.74, 6) is -0.921. The first-order valence-electron chi connectivity index (χ1n) is 6.58. The maximum Gasteiger partial charge on any atom is 0.441 e. The van der Waals surface area contributed by atoms with Crippen LogP contribution >= 0.6 is 0 Å². The van der Waals surface area contributed by atoms with Gasteiger partial charge in [-0.05, 0) is 32.8 Å². The summed E-state index contributed by atoms with van der Waals surface area (Å²) >= 11 is 0. The Balaban J connectivity index is 2.55. The van der Waals surface area contributed by atoms with Crippen molar-refractivity contribution >= 4 is 12.1 Å². The van der Waals surface area contributed by atoms with Crippen LogP contribution in [-0.2, 0) is 14.4 Å². The standard InChI is InChI=1S/C15H21NO4/c1-5-12(11-9-7-6-8-10-11)13(17)20-16-14(18)19-15(2,3)4/h6-10,12H,5H2,1-4H3,(H,16,18). The van der Waals surface area contributed by atoms with Gasteiger partial charge in [0.25, 0.3) is 0 Å². The molecule has 1 aromatic rings.